The van der Waals surface area contributed by atoms with E-state index >= 15 is 0 Å². The van der Waals surface area contributed by atoms with Crippen molar-refractivity contribution in [2.45, 2.75) is 64.0 Å². The van der Waals surface area contributed by atoms with E-state index in [0.29, 0.717) is 12.1 Å². The molecule has 0 saturated heterocycles. The minimum atomic E-state index is 0.245. The number of hydrogen-bond donors (Lipinski definition) is 0. The quantitative estimate of drug-likeness (QED) is 0.697. The van der Waals surface area contributed by atoms with Gasteiger partial charge in [-0.25, -0.2) is 0 Å². The Kier molecular flexibility index (Phi) is 5.64. The van der Waals surface area contributed by atoms with Crippen LogP contribution in [0.2, 0.25) is 0 Å². The van der Waals surface area contributed by atoms with E-state index in [1.807, 2.05) is 20.2 Å². The van der Waals surface area contributed by atoms with E-state index in [4.69, 9.17) is 0 Å². The van der Waals surface area contributed by atoms with Crippen LogP contribution in [-0.2, 0) is 4.79 Å². The highest BCUT2D eigenvalue weighted by atomic mass is 16.2. The summed E-state index contributed by atoms with van der Waals surface area (Å²) < 4.78 is 0. The smallest absolute Gasteiger partial charge is 0.246 e. The largest absolute Gasteiger partial charge is 0.333 e. The zero-order valence-electron chi connectivity index (χ0n) is 13.3. The molecular formula is C17H30N2O. The van der Waals surface area contributed by atoms with Crippen molar-refractivity contribution < 1.29 is 4.79 Å². The van der Waals surface area contributed by atoms with E-state index in [9.17, 15) is 4.79 Å². The van der Waals surface area contributed by atoms with Gasteiger partial charge in [-0.15, -0.1) is 0 Å². The average Bonchev–Trinajstić information content (AvgIpc) is 3.24. The number of carbonyl (C=O) groups excluding carboxylic acids is 1. The Balaban J connectivity index is 1.90. The molecule has 0 aromatic rings. The molecule has 3 heteroatoms. The molecule has 20 heavy (non-hydrogen) atoms. The van der Waals surface area contributed by atoms with Crippen LogP contribution in [0.15, 0.2) is 12.2 Å². The second-order valence-corrected chi connectivity index (χ2v) is 6.72. The predicted molar refractivity (Wildman–Crippen MR) is 83.6 cm³/mol. The molecule has 0 aliphatic heterocycles. The predicted octanol–water partition coefficient (Wildman–Crippen LogP) is 3.06. The summed E-state index contributed by atoms with van der Waals surface area (Å²) in [6, 6.07) is 1.04. The highest BCUT2D eigenvalue weighted by molar-refractivity contribution is 5.88. The van der Waals surface area contributed by atoms with Gasteiger partial charge in [-0.3, -0.25) is 4.79 Å². The van der Waals surface area contributed by atoms with Crippen LogP contribution in [0.25, 0.3) is 0 Å². The third-order valence-corrected chi connectivity index (χ3v) is 4.71. The summed E-state index contributed by atoms with van der Waals surface area (Å²) >= 11 is 0. The molecule has 0 unspecified atom stereocenters. The van der Waals surface area contributed by atoms with Gasteiger partial charge in [0.25, 0.3) is 0 Å². The van der Waals surface area contributed by atoms with Gasteiger partial charge in [-0.05, 0) is 58.5 Å². The SMILES string of the molecule is CCC1CCC(N(C(=O)/C=C/CN(C)C)C2CC2)CC1. The summed E-state index contributed by atoms with van der Waals surface area (Å²) in [6.45, 7) is 3.13. The topological polar surface area (TPSA) is 23.6 Å². The van der Waals surface area contributed by atoms with Gasteiger partial charge in [0.2, 0.25) is 5.91 Å². The van der Waals surface area contributed by atoms with Gasteiger partial charge in [0, 0.05) is 24.7 Å². The Labute approximate surface area is 124 Å². The van der Waals surface area contributed by atoms with Crippen LogP contribution in [-0.4, -0.2) is 48.4 Å². The minimum absolute atomic E-state index is 0.245. The fourth-order valence-electron chi connectivity index (χ4n) is 3.29. The number of hydrogen-bond acceptors (Lipinski definition) is 2. The standard InChI is InChI=1S/C17H30N2O/c1-4-14-7-9-15(10-8-14)19(16-11-12-16)17(20)6-5-13-18(2)3/h5-6,14-16H,4,7-13H2,1-3H3/b6-5+. The molecule has 0 bridgehead atoms. The Morgan fingerprint density at radius 3 is 2.05 bits per heavy atom. The van der Waals surface area contributed by atoms with Crippen LogP contribution >= 0.6 is 0 Å². The van der Waals surface area contributed by atoms with Crippen molar-refractivity contribution in [1.82, 2.24) is 9.80 Å². The van der Waals surface area contributed by atoms with Crippen molar-refractivity contribution in [3.8, 4) is 0 Å². The second-order valence-electron chi connectivity index (χ2n) is 6.72. The first kappa shape index (κ1) is 15.6. The molecule has 2 fully saturated rings. The van der Waals surface area contributed by atoms with E-state index in [1.54, 1.807) is 6.08 Å². The van der Waals surface area contributed by atoms with Crippen molar-refractivity contribution in [1.29, 1.82) is 0 Å². The first-order valence-corrected chi connectivity index (χ1v) is 8.25. The van der Waals surface area contributed by atoms with Crippen molar-refractivity contribution in [2.24, 2.45) is 5.92 Å². The minimum Gasteiger partial charge on any atom is -0.333 e. The molecule has 0 spiro atoms. The molecule has 0 N–H and O–H groups in total. The lowest BCUT2D eigenvalue weighted by Crippen LogP contribution is -2.43. The summed E-state index contributed by atoms with van der Waals surface area (Å²) in [5.41, 5.74) is 0. The van der Waals surface area contributed by atoms with E-state index in [2.05, 4.69) is 16.7 Å². The van der Waals surface area contributed by atoms with Gasteiger partial charge in [-0.2, -0.15) is 0 Å². The van der Waals surface area contributed by atoms with Crippen molar-refractivity contribution in [3.05, 3.63) is 12.2 Å². The van der Waals surface area contributed by atoms with Crippen LogP contribution in [0, 0.1) is 5.92 Å². The molecule has 2 saturated carbocycles. The van der Waals surface area contributed by atoms with Crippen molar-refractivity contribution in [3.63, 3.8) is 0 Å². The van der Waals surface area contributed by atoms with E-state index in [0.717, 1.165) is 12.5 Å². The van der Waals surface area contributed by atoms with Crippen LogP contribution in [0.4, 0.5) is 0 Å². The van der Waals surface area contributed by atoms with Gasteiger partial charge in [0.15, 0.2) is 0 Å². The average molecular weight is 278 g/mol. The molecule has 0 aromatic heterocycles. The molecule has 0 aromatic carbocycles. The van der Waals surface area contributed by atoms with Crippen molar-refractivity contribution >= 4 is 5.91 Å². The first-order valence-electron chi connectivity index (χ1n) is 8.25. The Morgan fingerprint density at radius 2 is 1.60 bits per heavy atom. The molecule has 0 atom stereocenters. The van der Waals surface area contributed by atoms with Crippen molar-refractivity contribution in [2.75, 3.05) is 20.6 Å². The van der Waals surface area contributed by atoms with Gasteiger partial charge in [-0.1, -0.05) is 19.4 Å². The normalized spacial score (nSPS) is 27.2. The Hall–Kier alpha value is -0.830. The van der Waals surface area contributed by atoms with Gasteiger partial charge in [0.1, 0.15) is 0 Å². The second kappa shape index (κ2) is 7.26. The third kappa shape index (κ3) is 4.34. The van der Waals surface area contributed by atoms with Gasteiger partial charge >= 0.3 is 0 Å². The molecule has 2 aliphatic carbocycles. The molecule has 114 valence electrons. The van der Waals surface area contributed by atoms with Gasteiger partial charge < -0.3 is 9.80 Å². The lowest BCUT2D eigenvalue weighted by Gasteiger charge is -2.36. The highest BCUT2D eigenvalue weighted by Crippen LogP contribution is 2.36. The summed E-state index contributed by atoms with van der Waals surface area (Å²) in [7, 11) is 4.05. The van der Waals surface area contributed by atoms with Crippen LogP contribution in [0.1, 0.15) is 51.9 Å². The Bertz CT molecular complexity index is 339. The molecule has 2 rings (SSSR count). The maximum absolute atomic E-state index is 12.5. The van der Waals surface area contributed by atoms with Crippen LogP contribution < -0.4 is 0 Å². The molecule has 3 nitrogen and oxygen atoms in total. The zero-order valence-corrected chi connectivity index (χ0v) is 13.3. The lowest BCUT2D eigenvalue weighted by molar-refractivity contribution is -0.129. The number of likely N-dealkylation sites (N-methyl/N-ethyl adjacent to an activating group) is 1. The summed E-state index contributed by atoms with van der Waals surface area (Å²) in [5, 5.41) is 0. The monoisotopic (exact) mass is 278 g/mol. The van der Waals surface area contributed by atoms with Crippen LogP contribution in [0.5, 0.6) is 0 Å². The molecular weight excluding hydrogens is 248 g/mol. The number of carbonyl (C=O) groups is 1. The zero-order chi connectivity index (χ0) is 14.5. The molecule has 0 heterocycles. The maximum Gasteiger partial charge on any atom is 0.246 e. The molecule has 1 amide bonds. The van der Waals surface area contributed by atoms with Gasteiger partial charge in [0.05, 0.1) is 0 Å². The summed E-state index contributed by atoms with van der Waals surface area (Å²) in [5.74, 6) is 1.14. The lowest BCUT2D eigenvalue weighted by atomic mass is 9.84. The molecule has 2 aliphatic rings. The number of amides is 1. The Morgan fingerprint density at radius 1 is 1.05 bits per heavy atom. The van der Waals surface area contributed by atoms with E-state index in [-0.39, 0.29) is 5.91 Å². The fourth-order valence-corrected chi connectivity index (χ4v) is 3.29. The maximum atomic E-state index is 12.5. The fraction of sp³-hybridized carbons (Fsp3) is 0.824. The summed E-state index contributed by atoms with van der Waals surface area (Å²) in [4.78, 5) is 16.8. The first-order chi connectivity index (χ1) is 9.61. The van der Waals surface area contributed by atoms with Crippen LogP contribution in [0.3, 0.4) is 0 Å². The number of nitrogens with zero attached hydrogens (tertiary/aromatic N) is 2. The van der Waals surface area contributed by atoms with E-state index in [1.165, 1.54) is 44.9 Å². The van der Waals surface area contributed by atoms with E-state index < -0.39 is 0 Å². The molecule has 0 radical (unpaired) electrons. The summed E-state index contributed by atoms with van der Waals surface area (Å²) in [6.07, 6.45) is 12.5. The highest BCUT2D eigenvalue weighted by Gasteiger charge is 2.37. The third-order valence-electron chi connectivity index (χ3n) is 4.71. The number of rotatable bonds is 6.